The van der Waals surface area contributed by atoms with Crippen LogP contribution >= 0.6 is 0 Å². The molecule has 1 heterocycles. The molecule has 2 atom stereocenters. The van der Waals surface area contributed by atoms with Crippen LogP contribution in [0.5, 0.6) is 0 Å². The molecule has 1 aromatic rings. The average molecular weight is 325 g/mol. The number of aliphatic hydroxyl groups is 2. The molecule has 0 aromatic heterocycles. The Morgan fingerprint density at radius 3 is 2.61 bits per heavy atom. The van der Waals surface area contributed by atoms with E-state index in [2.05, 4.69) is 0 Å². The van der Waals surface area contributed by atoms with Crippen LogP contribution in [-0.4, -0.2) is 38.4 Å². The van der Waals surface area contributed by atoms with Crippen molar-refractivity contribution in [3.8, 4) is 0 Å². The number of nitrogens with zero attached hydrogens (tertiary/aromatic N) is 1. The highest BCUT2D eigenvalue weighted by Gasteiger charge is 2.57. The van der Waals surface area contributed by atoms with Gasteiger partial charge in [0.25, 0.3) is 0 Å². The lowest BCUT2D eigenvalue weighted by Crippen LogP contribution is -2.59. The standard InChI is InChI=1S/C17H24FNO4/c1-16(2,3)17(7-4-8-19(17)15(22)23)14(21)13-6-5-12(18)9-11(13)10-20/h5-6,9,14,20-21H,4,7-8,10H2,1-3H3,(H,22,23)/t14?,17-/m1/s1. The lowest BCUT2D eigenvalue weighted by Gasteiger charge is -2.50. The van der Waals surface area contributed by atoms with Gasteiger partial charge in [-0.15, -0.1) is 0 Å². The van der Waals surface area contributed by atoms with Gasteiger partial charge in [0.15, 0.2) is 0 Å². The highest BCUT2D eigenvalue weighted by molar-refractivity contribution is 5.67. The second-order valence-electron chi connectivity index (χ2n) is 7.12. The molecule has 1 saturated heterocycles. The van der Waals surface area contributed by atoms with Crippen molar-refractivity contribution in [2.24, 2.45) is 5.41 Å². The van der Waals surface area contributed by atoms with Gasteiger partial charge < -0.3 is 15.3 Å². The number of benzene rings is 1. The van der Waals surface area contributed by atoms with Gasteiger partial charge in [0.1, 0.15) is 11.9 Å². The van der Waals surface area contributed by atoms with E-state index in [0.29, 0.717) is 24.9 Å². The molecule has 0 saturated carbocycles. The van der Waals surface area contributed by atoms with E-state index in [1.807, 2.05) is 20.8 Å². The first-order valence-corrected chi connectivity index (χ1v) is 7.73. The van der Waals surface area contributed by atoms with Crippen molar-refractivity contribution in [1.82, 2.24) is 4.90 Å². The predicted octanol–water partition coefficient (Wildman–Crippen LogP) is 2.91. The van der Waals surface area contributed by atoms with Crippen LogP contribution in [-0.2, 0) is 6.61 Å². The molecule has 1 unspecified atom stereocenters. The zero-order valence-electron chi connectivity index (χ0n) is 13.7. The van der Waals surface area contributed by atoms with Gasteiger partial charge in [-0.3, -0.25) is 4.90 Å². The van der Waals surface area contributed by atoms with Crippen LogP contribution in [0.1, 0.15) is 50.8 Å². The zero-order valence-corrected chi connectivity index (χ0v) is 13.7. The lowest BCUT2D eigenvalue weighted by atomic mass is 9.66. The van der Waals surface area contributed by atoms with E-state index in [1.165, 1.54) is 23.1 Å². The second kappa shape index (κ2) is 6.09. The maximum absolute atomic E-state index is 13.4. The van der Waals surface area contributed by atoms with Crippen molar-refractivity contribution in [2.45, 2.75) is 51.9 Å². The van der Waals surface area contributed by atoms with Crippen molar-refractivity contribution in [2.75, 3.05) is 6.54 Å². The third kappa shape index (κ3) is 2.81. The third-order valence-electron chi connectivity index (χ3n) is 4.97. The number of likely N-dealkylation sites (tertiary alicyclic amines) is 1. The maximum atomic E-state index is 13.4. The van der Waals surface area contributed by atoms with Crippen LogP contribution in [0.25, 0.3) is 0 Å². The summed E-state index contributed by atoms with van der Waals surface area (Å²) >= 11 is 0. The predicted molar refractivity (Wildman–Crippen MR) is 83.4 cm³/mol. The highest BCUT2D eigenvalue weighted by atomic mass is 19.1. The van der Waals surface area contributed by atoms with Gasteiger partial charge in [0.05, 0.1) is 12.1 Å². The van der Waals surface area contributed by atoms with Gasteiger partial charge in [-0.25, -0.2) is 9.18 Å². The summed E-state index contributed by atoms with van der Waals surface area (Å²) in [6.07, 6.45) is -1.07. The minimum Gasteiger partial charge on any atom is -0.465 e. The van der Waals surface area contributed by atoms with Gasteiger partial charge in [0.2, 0.25) is 0 Å². The zero-order chi connectivity index (χ0) is 17.4. The fourth-order valence-electron chi connectivity index (χ4n) is 3.82. The largest absolute Gasteiger partial charge is 0.465 e. The monoisotopic (exact) mass is 325 g/mol. The fraction of sp³-hybridized carbons (Fsp3) is 0.588. The average Bonchev–Trinajstić information content (AvgIpc) is 2.92. The Morgan fingerprint density at radius 1 is 1.43 bits per heavy atom. The normalized spacial score (nSPS) is 23.1. The van der Waals surface area contributed by atoms with Crippen LogP contribution in [0.2, 0.25) is 0 Å². The summed E-state index contributed by atoms with van der Waals surface area (Å²) in [5.41, 5.74) is -0.918. The number of carboxylic acid groups (broad SMARTS) is 1. The van der Waals surface area contributed by atoms with Gasteiger partial charge in [-0.1, -0.05) is 26.8 Å². The Balaban J connectivity index is 2.59. The Hall–Kier alpha value is -1.66. The van der Waals surface area contributed by atoms with E-state index in [4.69, 9.17) is 0 Å². The molecule has 2 rings (SSSR count). The summed E-state index contributed by atoms with van der Waals surface area (Å²) in [6, 6.07) is 3.82. The van der Waals surface area contributed by atoms with E-state index >= 15 is 0 Å². The third-order valence-corrected chi connectivity index (χ3v) is 4.97. The van der Waals surface area contributed by atoms with Crippen molar-refractivity contribution in [3.63, 3.8) is 0 Å². The van der Waals surface area contributed by atoms with Crippen molar-refractivity contribution >= 4 is 6.09 Å². The van der Waals surface area contributed by atoms with Gasteiger partial charge in [0, 0.05) is 6.54 Å². The fourth-order valence-corrected chi connectivity index (χ4v) is 3.82. The Kier molecular flexibility index (Phi) is 4.69. The van der Waals surface area contributed by atoms with E-state index < -0.39 is 35.6 Å². The molecule has 1 aromatic carbocycles. The Bertz CT molecular complexity index is 599. The first-order valence-electron chi connectivity index (χ1n) is 7.73. The number of hydrogen-bond acceptors (Lipinski definition) is 3. The number of aliphatic hydroxyl groups excluding tert-OH is 2. The molecule has 1 amide bonds. The molecule has 23 heavy (non-hydrogen) atoms. The van der Waals surface area contributed by atoms with E-state index in [1.54, 1.807) is 0 Å². The lowest BCUT2D eigenvalue weighted by molar-refractivity contribution is -0.0677. The van der Waals surface area contributed by atoms with E-state index in [-0.39, 0.29) is 5.56 Å². The molecular formula is C17H24FNO4. The van der Waals surface area contributed by atoms with Gasteiger partial charge in [-0.05, 0) is 41.5 Å². The Labute approximate surface area is 135 Å². The summed E-state index contributed by atoms with van der Waals surface area (Å²) in [5.74, 6) is -0.503. The maximum Gasteiger partial charge on any atom is 0.407 e. The first kappa shape index (κ1) is 17.7. The summed E-state index contributed by atoms with van der Waals surface area (Å²) < 4.78 is 13.4. The van der Waals surface area contributed by atoms with Crippen LogP contribution in [0.3, 0.4) is 0 Å². The van der Waals surface area contributed by atoms with Gasteiger partial charge >= 0.3 is 6.09 Å². The Morgan fingerprint density at radius 2 is 2.09 bits per heavy atom. The number of amides is 1. The quantitative estimate of drug-likeness (QED) is 0.798. The minimum absolute atomic E-state index is 0.276. The number of hydrogen-bond donors (Lipinski definition) is 3. The van der Waals surface area contributed by atoms with E-state index in [9.17, 15) is 24.5 Å². The number of rotatable bonds is 3. The molecule has 1 fully saturated rings. The van der Waals surface area contributed by atoms with Crippen molar-refractivity contribution in [1.29, 1.82) is 0 Å². The number of carbonyl (C=O) groups is 1. The summed E-state index contributed by atoms with van der Waals surface area (Å²) in [6.45, 7) is 5.59. The van der Waals surface area contributed by atoms with E-state index in [0.717, 1.165) is 0 Å². The summed E-state index contributed by atoms with van der Waals surface area (Å²) in [4.78, 5) is 13.0. The smallest absolute Gasteiger partial charge is 0.407 e. The topological polar surface area (TPSA) is 81.0 Å². The molecular weight excluding hydrogens is 301 g/mol. The van der Waals surface area contributed by atoms with Gasteiger partial charge in [-0.2, -0.15) is 0 Å². The van der Waals surface area contributed by atoms with Crippen LogP contribution < -0.4 is 0 Å². The molecule has 0 spiro atoms. The molecule has 6 heteroatoms. The molecule has 1 aliphatic rings. The first-order chi connectivity index (χ1) is 10.6. The summed E-state index contributed by atoms with van der Waals surface area (Å²) in [7, 11) is 0. The molecule has 0 bridgehead atoms. The number of halogens is 1. The molecule has 0 radical (unpaired) electrons. The van der Waals surface area contributed by atoms with Crippen LogP contribution in [0, 0.1) is 11.2 Å². The molecule has 128 valence electrons. The van der Waals surface area contributed by atoms with Crippen molar-refractivity contribution < 1.29 is 24.5 Å². The molecule has 5 nitrogen and oxygen atoms in total. The molecule has 3 N–H and O–H groups in total. The van der Waals surface area contributed by atoms with Crippen LogP contribution in [0.4, 0.5) is 9.18 Å². The highest BCUT2D eigenvalue weighted by Crippen LogP contribution is 2.51. The summed E-state index contributed by atoms with van der Waals surface area (Å²) in [5, 5.41) is 30.2. The molecule has 0 aliphatic carbocycles. The molecule has 1 aliphatic heterocycles. The van der Waals surface area contributed by atoms with Crippen molar-refractivity contribution in [3.05, 3.63) is 35.1 Å². The van der Waals surface area contributed by atoms with Crippen LogP contribution in [0.15, 0.2) is 18.2 Å². The minimum atomic E-state index is -1.15. The SMILES string of the molecule is CC(C)(C)[C@]1(C(O)c2ccc(F)cc2CO)CCCN1C(=O)O. The second-order valence-corrected chi connectivity index (χ2v) is 7.12.